The molecule has 1 aromatic carbocycles. The summed E-state index contributed by atoms with van der Waals surface area (Å²) in [6, 6.07) is 2.80. The third-order valence-electron chi connectivity index (χ3n) is 2.41. The van der Waals surface area contributed by atoms with E-state index in [4.69, 9.17) is 0 Å². The highest BCUT2D eigenvalue weighted by atomic mass is 19.1. The van der Waals surface area contributed by atoms with Crippen molar-refractivity contribution < 1.29 is 14.1 Å². The van der Waals surface area contributed by atoms with Crippen molar-refractivity contribution >= 4 is 11.6 Å². The molecular formula is C11H9FN4O3. The molecule has 0 bridgehead atoms. The van der Waals surface area contributed by atoms with E-state index in [2.05, 4.69) is 15.5 Å². The van der Waals surface area contributed by atoms with E-state index in [1.54, 1.807) is 6.20 Å². The van der Waals surface area contributed by atoms with Gasteiger partial charge in [0.05, 0.1) is 17.2 Å². The van der Waals surface area contributed by atoms with Gasteiger partial charge in [0.1, 0.15) is 11.4 Å². The lowest BCUT2D eigenvalue weighted by Crippen LogP contribution is -2.23. The molecule has 0 aliphatic carbocycles. The fraction of sp³-hybridized carbons (Fsp3) is 0.0909. The monoisotopic (exact) mass is 264 g/mol. The maximum absolute atomic E-state index is 12.9. The van der Waals surface area contributed by atoms with E-state index in [1.165, 1.54) is 6.20 Å². The van der Waals surface area contributed by atoms with Gasteiger partial charge in [-0.3, -0.25) is 20.0 Å². The lowest BCUT2D eigenvalue weighted by atomic mass is 10.1. The lowest BCUT2D eigenvalue weighted by Gasteiger charge is -2.04. The van der Waals surface area contributed by atoms with E-state index in [-0.39, 0.29) is 12.1 Å². The van der Waals surface area contributed by atoms with Crippen molar-refractivity contribution in [1.82, 2.24) is 15.5 Å². The van der Waals surface area contributed by atoms with Crippen molar-refractivity contribution in [2.45, 2.75) is 6.54 Å². The highest BCUT2D eigenvalue weighted by Gasteiger charge is 2.20. The van der Waals surface area contributed by atoms with Gasteiger partial charge < -0.3 is 5.32 Å². The summed E-state index contributed by atoms with van der Waals surface area (Å²) in [6.45, 7) is 0.171. The molecule has 98 valence electrons. The molecule has 2 aromatic rings. The Morgan fingerprint density at radius 3 is 2.95 bits per heavy atom. The first-order valence-electron chi connectivity index (χ1n) is 5.27. The molecule has 0 aliphatic heterocycles. The molecule has 1 amide bonds. The van der Waals surface area contributed by atoms with Crippen LogP contribution in [0.25, 0.3) is 0 Å². The molecule has 0 saturated heterocycles. The fourth-order valence-corrected chi connectivity index (χ4v) is 1.50. The van der Waals surface area contributed by atoms with Gasteiger partial charge in [-0.25, -0.2) is 4.39 Å². The Balaban J connectivity index is 2.16. The minimum Gasteiger partial charge on any atom is -0.348 e. The van der Waals surface area contributed by atoms with Crippen LogP contribution < -0.4 is 5.32 Å². The van der Waals surface area contributed by atoms with Gasteiger partial charge in [-0.1, -0.05) is 0 Å². The first kappa shape index (κ1) is 12.7. The highest BCUT2D eigenvalue weighted by Crippen LogP contribution is 2.19. The van der Waals surface area contributed by atoms with Crippen LogP contribution in [0.5, 0.6) is 0 Å². The Labute approximate surface area is 106 Å². The molecule has 2 rings (SSSR count). The summed E-state index contributed by atoms with van der Waals surface area (Å²) >= 11 is 0. The zero-order valence-electron chi connectivity index (χ0n) is 9.59. The van der Waals surface area contributed by atoms with Crippen molar-refractivity contribution in [3.63, 3.8) is 0 Å². The zero-order chi connectivity index (χ0) is 13.8. The van der Waals surface area contributed by atoms with Crippen LogP contribution in [0.2, 0.25) is 0 Å². The number of hydrogen-bond acceptors (Lipinski definition) is 4. The number of halogens is 1. The van der Waals surface area contributed by atoms with Gasteiger partial charge in [0.25, 0.3) is 11.6 Å². The van der Waals surface area contributed by atoms with Crippen LogP contribution in [0.3, 0.4) is 0 Å². The molecule has 0 unspecified atom stereocenters. The average molecular weight is 264 g/mol. The van der Waals surface area contributed by atoms with Crippen LogP contribution in [-0.4, -0.2) is 21.0 Å². The molecule has 1 aromatic heterocycles. The summed E-state index contributed by atoms with van der Waals surface area (Å²) in [5.41, 5.74) is -0.0299. The third kappa shape index (κ3) is 2.92. The Kier molecular flexibility index (Phi) is 3.51. The largest absolute Gasteiger partial charge is 0.348 e. The van der Waals surface area contributed by atoms with Crippen LogP contribution in [0.4, 0.5) is 10.1 Å². The van der Waals surface area contributed by atoms with Gasteiger partial charge >= 0.3 is 0 Å². The number of aromatic amines is 1. The average Bonchev–Trinajstić information content (AvgIpc) is 2.88. The maximum atomic E-state index is 12.9. The van der Waals surface area contributed by atoms with E-state index >= 15 is 0 Å². The first-order valence-corrected chi connectivity index (χ1v) is 5.27. The second-order valence-corrected chi connectivity index (χ2v) is 3.71. The molecule has 0 saturated carbocycles. The van der Waals surface area contributed by atoms with Crippen LogP contribution in [-0.2, 0) is 6.54 Å². The Hall–Kier alpha value is -2.77. The topological polar surface area (TPSA) is 101 Å². The summed E-state index contributed by atoms with van der Waals surface area (Å²) in [6.07, 6.45) is 3.10. The number of benzene rings is 1. The van der Waals surface area contributed by atoms with Gasteiger partial charge in [0, 0.05) is 18.3 Å². The van der Waals surface area contributed by atoms with Crippen molar-refractivity contribution in [1.29, 1.82) is 0 Å². The van der Waals surface area contributed by atoms with E-state index < -0.39 is 22.3 Å². The number of nitro benzene ring substituents is 1. The van der Waals surface area contributed by atoms with Crippen LogP contribution in [0.15, 0.2) is 30.6 Å². The molecule has 0 fully saturated rings. The molecule has 8 heteroatoms. The zero-order valence-corrected chi connectivity index (χ0v) is 9.59. The molecule has 1 heterocycles. The van der Waals surface area contributed by atoms with Crippen molar-refractivity contribution in [2.24, 2.45) is 0 Å². The SMILES string of the molecule is O=C(NCc1cn[nH]c1)c1ccc(F)cc1[N+](=O)[O-]. The number of carbonyl (C=O) groups is 1. The first-order chi connectivity index (χ1) is 9.08. The molecule has 0 atom stereocenters. The normalized spacial score (nSPS) is 10.2. The predicted octanol–water partition coefficient (Wildman–Crippen LogP) is 1.39. The molecule has 19 heavy (non-hydrogen) atoms. The Morgan fingerprint density at radius 2 is 2.32 bits per heavy atom. The van der Waals surface area contributed by atoms with Gasteiger partial charge in [0.2, 0.25) is 0 Å². The Morgan fingerprint density at radius 1 is 1.53 bits per heavy atom. The minimum atomic E-state index is -0.796. The smallest absolute Gasteiger partial charge is 0.285 e. The second kappa shape index (κ2) is 5.25. The number of aromatic nitrogens is 2. The summed E-state index contributed by atoms with van der Waals surface area (Å²) in [5.74, 6) is -1.41. The van der Waals surface area contributed by atoms with E-state index in [1.807, 2.05) is 0 Å². The van der Waals surface area contributed by atoms with Gasteiger partial charge in [-0.15, -0.1) is 0 Å². The summed E-state index contributed by atoms with van der Waals surface area (Å²) in [7, 11) is 0. The molecule has 0 radical (unpaired) electrons. The number of nitrogens with one attached hydrogen (secondary N) is 2. The number of rotatable bonds is 4. The van der Waals surface area contributed by atoms with Crippen molar-refractivity contribution in [3.8, 4) is 0 Å². The summed E-state index contributed by atoms with van der Waals surface area (Å²) < 4.78 is 12.9. The van der Waals surface area contributed by atoms with Gasteiger partial charge in [-0.05, 0) is 12.1 Å². The van der Waals surface area contributed by atoms with Crippen molar-refractivity contribution in [2.75, 3.05) is 0 Å². The number of nitro groups is 1. The van der Waals surface area contributed by atoms with Gasteiger partial charge in [0.15, 0.2) is 0 Å². The van der Waals surface area contributed by atoms with Crippen LogP contribution >= 0.6 is 0 Å². The molecule has 7 nitrogen and oxygen atoms in total. The summed E-state index contributed by atoms with van der Waals surface area (Å²) in [4.78, 5) is 21.8. The third-order valence-corrected chi connectivity index (χ3v) is 2.41. The van der Waals surface area contributed by atoms with E-state index in [9.17, 15) is 19.3 Å². The predicted molar refractivity (Wildman–Crippen MR) is 62.8 cm³/mol. The van der Waals surface area contributed by atoms with Crippen molar-refractivity contribution in [3.05, 3.63) is 57.7 Å². The van der Waals surface area contributed by atoms with E-state index in [0.29, 0.717) is 6.07 Å². The number of hydrogen-bond donors (Lipinski definition) is 2. The molecule has 2 N–H and O–H groups in total. The maximum Gasteiger partial charge on any atom is 0.285 e. The van der Waals surface area contributed by atoms with E-state index in [0.717, 1.165) is 17.7 Å². The highest BCUT2D eigenvalue weighted by molar-refractivity contribution is 5.98. The summed E-state index contributed by atoms with van der Waals surface area (Å²) in [5, 5.41) is 19.5. The fourth-order valence-electron chi connectivity index (χ4n) is 1.50. The lowest BCUT2D eigenvalue weighted by molar-refractivity contribution is -0.385. The quantitative estimate of drug-likeness (QED) is 0.643. The second-order valence-electron chi connectivity index (χ2n) is 3.71. The Bertz CT molecular complexity index is 612. The van der Waals surface area contributed by atoms with Gasteiger partial charge in [-0.2, -0.15) is 5.10 Å². The molecule has 0 spiro atoms. The standard InChI is InChI=1S/C11H9FN4O3/c12-8-1-2-9(10(3-8)16(18)19)11(17)13-4-7-5-14-15-6-7/h1-3,5-6H,4H2,(H,13,17)(H,14,15). The number of carbonyl (C=O) groups excluding carboxylic acids is 1. The molecular weight excluding hydrogens is 255 g/mol. The number of H-pyrrole nitrogens is 1. The number of nitrogens with zero attached hydrogens (tertiary/aromatic N) is 2. The number of amides is 1. The van der Waals surface area contributed by atoms with Crippen LogP contribution in [0, 0.1) is 15.9 Å². The minimum absolute atomic E-state index is 0.171. The van der Waals surface area contributed by atoms with Crippen LogP contribution in [0.1, 0.15) is 15.9 Å². The molecule has 0 aliphatic rings.